The normalized spacial score (nSPS) is 10.3. The van der Waals surface area contributed by atoms with Gasteiger partial charge in [-0.15, -0.1) is 6.42 Å². The molecule has 3 rings (SSSR count). The van der Waals surface area contributed by atoms with Gasteiger partial charge < -0.3 is 9.88 Å². The van der Waals surface area contributed by atoms with E-state index in [9.17, 15) is 4.79 Å². The van der Waals surface area contributed by atoms with Gasteiger partial charge in [-0.1, -0.05) is 36.3 Å². The Morgan fingerprint density at radius 3 is 2.64 bits per heavy atom. The molecule has 4 nitrogen and oxygen atoms in total. The first-order chi connectivity index (χ1) is 10.8. The number of nitrogens with zero attached hydrogens (tertiary/aromatic N) is 2. The molecule has 0 aliphatic heterocycles. The van der Waals surface area contributed by atoms with Gasteiger partial charge in [0.2, 0.25) is 0 Å². The Morgan fingerprint density at radius 2 is 1.86 bits per heavy atom. The van der Waals surface area contributed by atoms with E-state index >= 15 is 0 Å². The monoisotopic (exact) mass is 289 g/mol. The molecule has 1 amide bonds. The fourth-order valence-electron chi connectivity index (χ4n) is 2.38. The summed E-state index contributed by atoms with van der Waals surface area (Å²) in [5.41, 5.74) is 2.48. The average Bonchev–Trinajstić information content (AvgIpc) is 2.92. The molecule has 0 spiro atoms. The van der Waals surface area contributed by atoms with Crippen molar-refractivity contribution in [2.24, 2.45) is 0 Å². The quantitative estimate of drug-likeness (QED) is 0.750. The van der Waals surface area contributed by atoms with Gasteiger partial charge in [-0.3, -0.25) is 4.79 Å². The van der Waals surface area contributed by atoms with Crippen LogP contribution < -0.4 is 5.32 Å². The number of imidazole rings is 1. The Labute approximate surface area is 128 Å². The second kappa shape index (κ2) is 6.15. The van der Waals surface area contributed by atoms with Crippen molar-refractivity contribution in [2.45, 2.75) is 13.1 Å². The van der Waals surface area contributed by atoms with Crippen molar-refractivity contribution in [3.63, 3.8) is 0 Å². The van der Waals surface area contributed by atoms with Gasteiger partial charge in [-0.25, -0.2) is 4.98 Å². The molecule has 0 unspecified atom stereocenters. The summed E-state index contributed by atoms with van der Waals surface area (Å²) in [5.74, 6) is 3.26. The highest BCUT2D eigenvalue weighted by atomic mass is 16.1. The highest BCUT2D eigenvalue weighted by Crippen LogP contribution is 2.15. The number of rotatable bonds is 4. The van der Waals surface area contributed by atoms with Crippen LogP contribution in [0.1, 0.15) is 16.2 Å². The molecule has 22 heavy (non-hydrogen) atoms. The van der Waals surface area contributed by atoms with Crippen molar-refractivity contribution >= 4 is 16.9 Å². The minimum Gasteiger partial charge on any atom is -0.345 e. The maximum Gasteiger partial charge on any atom is 0.251 e. The lowest BCUT2D eigenvalue weighted by atomic mass is 10.2. The van der Waals surface area contributed by atoms with E-state index in [-0.39, 0.29) is 5.91 Å². The molecule has 0 aliphatic rings. The van der Waals surface area contributed by atoms with Gasteiger partial charge in [0, 0.05) is 5.56 Å². The number of carbonyl (C=O) groups excluding carboxylic acids is 1. The molecule has 1 N–H and O–H groups in total. The predicted octanol–water partition coefficient (Wildman–Crippen LogP) is 2.60. The third-order valence-electron chi connectivity index (χ3n) is 3.43. The Morgan fingerprint density at radius 1 is 1.14 bits per heavy atom. The molecule has 0 radical (unpaired) electrons. The molecule has 0 fully saturated rings. The van der Waals surface area contributed by atoms with Gasteiger partial charge in [-0.05, 0) is 24.3 Å². The summed E-state index contributed by atoms with van der Waals surface area (Å²) < 4.78 is 1.95. The van der Waals surface area contributed by atoms with E-state index in [2.05, 4.69) is 16.2 Å². The summed E-state index contributed by atoms with van der Waals surface area (Å²) in [4.78, 5) is 16.7. The maximum atomic E-state index is 12.1. The molecule has 108 valence electrons. The van der Waals surface area contributed by atoms with E-state index < -0.39 is 0 Å². The van der Waals surface area contributed by atoms with E-state index in [1.165, 1.54) is 0 Å². The Hall–Kier alpha value is -3.06. The van der Waals surface area contributed by atoms with Gasteiger partial charge in [0.1, 0.15) is 5.82 Å². The fourth-order valence-corrected chi connectivity index (χ4v) is 2.38. The van der Waals surface area contributed by atoms with Crippen LogP contribution in [0, 0.1) is 12.3 Å². The van der Waals surface area contributed by atoms with Crippen molar-refractivity contribution < 1.29 is 4.79 Å². The highest BCUT2D eigenvalue weighted by Gasteiger charge is 2.11. The standard InChI is InChI=1S/C18H15N3O/c1-2-12-21-16-11-7-6-10-15(16)20-17(21)13-19-18(22)14-8-4-3-5-9-14/h1,3-11H,12-13H2,(H,19,22). The SMILES string of the molecule is C#CCn1c(CNC(=O)c2ccccc2)nc2ccccc21. The van der Waals surface area contributed by atoms with Crippen LogP contribution >= 0.6 is 0 Å². The van der Waals surface area contributed by atoms with Crippen LogP contribution in [0.4, 0.5) is 0 Å². The van der Waals surface area contributed by atoms with Crippen LogP contribution in [0.5, 0.6) is 0 Å². The molecule has 0 bridgehead atoms. The first-order valence-electron chi connectivity index (χ1n) is 7.00. The van der Waals surface area contributed by atoms with E-state index in [0.717, 1.165) is 16.9 Å². The number of terminal acetylenes is 1. The van der Waals surface area contributed by atoms with Crippen LogP contribution in [0.2, 0.25) is 0 Å². The average molecular weight is 289 g/mol. The maximum absolute atomic E-state index is 12.1. The molecular formula is C18H15N3O. The number of aromatic nitrogens is 2. The summed E-state index contributed by atoms with van der Waals surface area (Å²) >= 11 is 0. The van der Waals surface area contributed by atoms with Gasteiger partial charge in [-0.2, -0.15) is 0 Å². The van der Waals surface area contributed by atoms with Crippen LogP contribution in [0.15, 0.2) is 54.6 Å². The molecule has 4 heteroatoms. The van der Waals surface area contributed by atoms with Crippen molar-refractivity contribution in [3.05, 3.63) is 66.0 Å². The third-order valence-corrected chi connectivity index (χ3v) is 3.43. The molecule has 0 saturated carbocycles. The van der Waals surface area contributed by atoms with E-state index in [1.54, 1.807) is 12.1 Å². The van der Waals surface area contributed by atoms with E-state index in [4.69, 9.17) is 6.42 Å². The first-order valence-corrected chi connectivity index (χ1v) is 7.00. The van der Waals surface area contributed by atoms with Crippen molar-refractivity contribution in [2.75, 3.05) is 0 Å². The lowest BCUT2D eigenvalue weighted by Gasteiger charge is -2.07. The zero-order chi connectivity index (χ0) is 15.4. The van der Waals surface area contributed by atoms with Crippen molar-refractivity contribution in [1.29, 1.82) is 0 Å². The lowest BCUT2D eigenvalue weighted by molar-refractivity contribution is 0.0949. The number of nitrogens with one attached hydrogen (secondary N) is 1. The van der Waals surface area contributed by atoms with Gasteiger partial charge >= 0.3 is 0 Å². The van der Waals surface area contributed by atoms with Gasteiger partial charge in [0.05, 0.1) is 24.1 Å². The Bertz CT molecular complexity index is 844. The smallest absolute Gasteiger partial charge is 0.251 e. The number of hydrogen-bond donors (Lipinski definition) is 1. The first kappa shape index (κ1) is 13.9. The zero-order valence-corrected chi connectivity index (χ0v) is 12.0. The fraction of sp³-hybridized carbons (Fsp3) is 0.111. The molecule has 1 aromatic heterocycles. The highest BCUT2D eigenvalue weighted by molar-refractivity contribution is 5.94. The van der Waals surface area contributed by atoms with Crippen LogP contribution in [-0.4, -0.2) is 15.5 Å². The van der Waals surface area contributed by atoms with Crippen molar-refractivity contribution in [3.8, 4) is 12.3 Å². The summed E-state index contributed by atoms with van der Waals surface area (Å²) in [6.45, 7) is 0.765. The molecular weight excluding hydrogens is 274 g/mol. The van der Waals surface area contributed by atoms with Crippen LogP contribution in [0.25, 0.3) is 11.0 Å². The summed E-state index contributed by atoms with van der Waals surface area (Å²) in [5, 5.41) is 2.88. The molecule has 0 aliphatic carbocycles. The number of fused-ring (bicyclic) bond motifs is 1. The minimum absolute atomic E-state index is 0.125. The molecule has 0 atom stereocenters. The third kappa shape index (κ3) is 2.70. The largest absolute Gasteiger partial charge is 0.345 e. The zero-order valence-electron chi connectivity index (χ0n) is 12.0. The number of benzene rings is 2. The Kier molecular flexibility index (Phi) is 3.88. The molecule has 0 saturated heterocycles. The molecule has 3 aromatic rings. The van der Waals surface area contributed by atoms with E-state index in [1.807, 2.05) is 47.0 Å². The second-order valence-corrected chi connectivity index (χ2v) is 4.86. The minimum atomic E-state index is -0.125. The number of para-hydroxylation sites is 2. The van der Waals surface area contributed by atoms with E-state index in [0.29, 0.717) is 18.7 Å². The molecule has 2 aromatic carbocycles. The van der Waals surface area contributed by atoms with Gasteiger partial charge in [0.15, 0.2) is 0 Å². The topological polar surface area (TPSA) is 46.9 Å². The number of hydrogen-bond acceptors (Lipinski definition) is 2. The number of amides is 1. The number of carbonyl (C=O) groups is 1. The van der Waals surface area contributed by atoms with Crippen LogP contribution in [-0.2, 0) is 13.1 Å². The predicted molar refractivity (Wildman–Crippen MR) is 86.2 cm³/mol. The van der Waals surface area contributed by atoms with Crippen LogP contribution in [0.3, 0.4) is 0 Å². The Balaban J connectivity index is 1.83. The summed E-state index contributed by atoms with van der Waals surface area (Å²) in [6, 6.07) is 16.9. The summed E-state index contributed by atoms with van der Waals surface area (Å²) in [7, 11) is 0. The van der Waals surface area contributed by atoms with Crippen molar-refractivity contribution in [1.82, 2.24) is 14.9 Å². The summed E-state index contributed by atoms with van der Waals surface area (Å²) in [6.07, 6.45) is 5.44. The second-order valence-electron chi connectivity index (χ2n) is 4.86. The lowest BCUT2D eigenvalue weighted by Crippen LogP contribution is -2.24. The van der Waals surface area contributed by atoms with Gasteiger partial charge in [0.25, 0.3) is 5.91 Å². The molecule has 1 heterocycles.